The smallest absolute Gasteiger partial charge is 0.168 e. The van der Waals surface area contributed by atoms with Gasteiger partial charge >= 0.3 is 0 Å². The highest BCUT2D eigenvalue weighted by Gasteiger charge is 2.29. The second kappa shape index (κ2) is 7.95. The molecule has 27 heavy (non-hydrogen) atoms. The highest BCUT2D eigenvalue weighted by atomic mass is 32.1. The summed E-state index contributed by atoms with van der Waals surface area (Å²) in [7, 11) is 0. The number of hydrogen-bond acceptors (Lipinski definition) is 1. The van der Waals surface area contributed by atoms with E-state index in [0.29, 0.717) is 28.4 Å². The first-order valence-electron chi connectivity index (χ1n) is 10.4. The molecular formula is C24H28F2S. The SMILES string of the molecule is CCc1cc(S)c(-c2ccc(C3CCC(CC4CC4)CC3)cc2)c(F)c1F. The van der Waals surface area contributed by atoms with Crippen LogP contribution in [0.4, 0.5) is 8.78 Å². The minimum Gasteiger partial charge on any atom is -0.203 e. The number of hydrogen-bond donors (Lipinski definition) is 1. The largest absolute Gasteiger partial charge is 0.203 e. The van der Waals surface area contributed by atoms with Gasteiger partial charge in [0.15, 0.2) is 11.6 Å². The molecule has 0 bridgehead atoms. The second-order valence-corrected chi connectivity index (χ2v) is 8.91. The van der Waals surface area contributed by atoms with Gasteiger partial charge in [0, 0.05) is 10.5 Å². The molecule has 0 heterocycles. The van der Waals surface area contributed by atoms with Crippen LogP contribution >= 0.6 is 12.6 Å². The van der Waals surface area contributed by atoms with E-state index in [2.05, 4.69) is 24.8 Å². The van der Waals surface area contributed by atoms with Gasteiger partial charge in [0.1, 0.15) is 0 Å². The molecule has 0 atom stereocenters. The van der Waals surface area contributed by atoms with Crippen molar-refractivity contribution in [3.8, 4) is 11.1 Å². The Morgan fingerprint density at radius 2 is 1.48 bits per heavy atom. The summed E-state index contributed by atoms with van der Waals surface area (Å²) in [5.41, 5.74) is 2.68. The fourth-order valence-electron chi connectivity index (χ4n) is 4.67. The van der Waals surface area contributed by atoms with E-state index in [1.807, 2.05) is 19.1 Å². The van der Waals surface area contributed by atoms with Gasteiger partial charge in [-0.3, -0.25) is 0 Å². The average Bonchev–Trinajstić information content (AvgIpc) is 3.50. The first kappa shape index (κ1) is 19.0. The van der Waals surface area contributed by atoms with Crippen LogP contribution in [0.3, 0.4) is 0 Å². The van der Waals surface area contributed by atoms with Crippen LogP contribution in [0.5, 0.6) is 0 Å². The average molecular weight is 387 g/mol. The molecule has 0 saturated heterocycles. The van der Waals surface area contributed by atoms with Crippen LogP contribution in [-0.4, -0.2) is 0 Å². The van der Waals surface area contributed by atoms with Crippen LogP contribution in [0.2, 0.25) is 0 Å². The van der Waals surface area contributed by atoms with Crippen molar-refractivity contribution in [2.24, 2.45) is 11.8 Å². The molecule has 3 heteroatoms. The first-order valence-corrected chi connectivity index (χ1v) is 10.8. The number of aryl methyl sites for hydroxylation is 1. The Morgan fingerprint density at radius 3 is 2.04 bits per heavy atom. The van der Waals surface area contributed by atoms with Gasteiger partial charge in [-0.25, -0.2) is 8.78 Å². The van der Waals surface area contributed by atoms with Gasteiger partial charge in [-0.2, -0.15) is 0 Å². The number of thiol groups is 1. The van der Waals surface area contributed by atoms with Gasteiger partial charge in [-0.1, -0.05) is 44.0 Å². The normalized spacial score (nSPS) is 22.8. The number of rotatable bonds is 5. The summed E-state index contributed by atoms with van der Waals surface area (Å²) in [6.07, 6.45) is 9.97. The van der Waals surface area contributed by atoms with Crippen molar-refractivity contribution in [3.63, 3.8) is 0 Å². The Hall–Kier alpha value is -1.35. The summed E-state index contributed by atoms with van der Waals surface area (Å²) in [5.74, 6) is 1.02. The van der Waals surface area contributed by atoms with Crippen LogP contribution in [0.15, 0.2) is 35.2 Å². The Balaban J connectivity index is 1.49. The molecule has 0 spiro atoms. The van der Waals surface area contributed by atoms with Crippen molar-refractivity contribution in [2.45, 2.75) is 69.1 Å². The lowest BCUT2D eigenvalue weighted by Crippen LogP contribution is -2.13. The van der Waals surface area contributed by atoms with E-state index < -0.39 is 11.6 Å². The van der Waals surface area contributed by atoms with Crippen molar-refractivity contribution < 1.29 is 8.78 Å². The molecule has 2 aliphatic rings. The van der Waals surface area contributed by atoms with Gasteiger partial charge in [-0.05, 0) is 79.0 Å². The minimum absolute atomic E-state index is 0.271. The van der Waals surface area contributed by atoms with E-state index in [0.717, 1.165) is 11.8 Å². The molecule has 2 aromatic carbocycles. The van der Waals surface area contributed by atoms with E-state index in [9.17, 15) is 8.78 Å². The van der Waals surface area contributed by atoms with E-state index in [1.54, 1.807) is 6.07 Å². The van der Waals surface area contributed by atoms with Crippen molar-refractivity contribution >= 4 is 12.6 Å². The van der Waals surface area contributed by atoms with Gasteiger partial charge in [0.05, 0.1) is 0 Å². The standard InChI is InChI=1S/C24H28F2S/c1-2-17-14-21(27)22(24(26)23(17)25)20-11-9-19(10-12-20)18-7-5-16(6-8-18)13-15-3-4-15/h9-12,14-16,18,27H,2-8,13H2,1H3. The third-order valence-electron chi connectivity index (χ3n) is 6.52. The van der Waals surface area contributed by atoms with Crippen LogP contribution in [0.1, 0.15) is 68.9 Å². The maximum Gasteiger partial charge on any atom is 0.168 e. The summed E-state index contributed by atoms with van der Waals surface area (Å²) in [4.78, 5) is 0.499. The summed E-state index contributed by atoms with van der Waals surface area (Å²) >= 11 is 4.41. The van der Waals surface area contributed by atoms with Gasteiger partial charge in [-0.15, -0.1) is 12.6 Å². The topological polar surface area (TPSA) is 0 Å². The van der Waals surface area contributed by atoms with Gasteiger partial charge < -0.3 is 0 Å². The number of benzene rings is 2. The molecule has 0 amide bonds. The summed E-state index contributed by atoms with van der Waals surface area (Å²) in [5, 5.41) is 0. The Labute approximate surface area is 166 Å². The lowest BCUT2D eigenvalue weighted by atomic mass is 9.77. The molecule has 2 aliphatic carbocycles. The highest BCUT2D eigenvalue weighted by Crippen LogP contribution is 2.43. The summed E-state index contributed by atoms with van der Waals surface area (Å²) in [6, 6.07) is 9.69. The molecule has 0 N–H and O–H groups in total. The van der Waals surface area contributed by atoms with E-state index in [4.69, 9.17) is 0 Å². The summed E-state index contributed by atoms with van der Waals surface area (Å²) in [6.45, 7) is 1.82. The maximum absolute atomic E-state index is 14.6. The molecule has 0 unspecified atom stereocenters. The van der Waals surface area contributed by atoms with E-state index in [-0.39, 0.29) is 5.56 Å². The fraction of sp³-hybridized carbons (Fsp3) is 0.500. The van der Waals surface area contributed by atoms with Crippen LogP contribution < -0.4 is 0 Å². The highest BCUT2D eigenvalue weighted by molar-refractivity contribution is 7.80. The lowest BCUT2D eigenvalue weighted by Gasteiger charge is -2.29. The van der Waals surface area contributed by atoms with Gasteiger partial charge in [0.25, 0.3) is 0 Å². The third-order valence-corrected chi connectivity index (χ3v) is 6.88. The predicted octanol–water partition coefficient (Wildman–Crippen LogP) is 7.56. The van der Waals surface area contributed by atoms with Crippen LogP contribution in [0.25, 0.3) is 11.1 Å². The van der Waals surface area contributed by atoms with Crippen LogP contribution in [0, 0.1) is 23.5 Å². The minimum atomic E-state index is -0.785. The van der Waals surface area contributed by atoms with E-state index >= 15 is 0 Å². The Kier molecular flexibility index (Phi) is 5.59. The zero-order valence-electron chi connectivity index (χ0n) is 16.0. The molecule has 4 rings (SSSR count). The molecule has 2 fully saturated rings. The van der Waals surface area contributed by atoms with Crippen molar-refractivity contribution in [1.82, 2.24) is 0 Å². The Morgan fingerprint density at radius 1 is 0.889 bits per heavy atom. The molecule has 0 radical (unpaired) electrons. The monoisotopic (exact) mass is 386 g/mol. The zero-order chi connectivity index (χ0) is 19.0. The van der Waals surface area contributed by atoms with Crippen molar-refractivity contribution in [1.29, 1.82) is 0 Å². The van der Waals surface area contributed by atoms with Crippen molar-refractivity contribution in [3.05, 3.63) is 53.1 Å². The Bertz CT molecular complexity index is 800. The zero-order valence-corrected chi connectivity index (χ0v) is 16.9. The molecule has 2 aromatic rings. The summed E-state index contributed by atoms with van der Waals surface area (Å²) < 4.78 is 28.8. The lowest BCUT2D eigenvalue weighted by molar-refractivity contribution is 0.299. The van der Waals surface area contributed by atoms with Crippen LogP contribution in [-0.2, 0) is 6.42 Å². The van der Waals surface area contributed by atoms with Gasteiger partial charge in [0.2, 0.25) is 0 Å². The molecule has 0 aromatic heterocycles. The number of halogens is 2. The van der Waals surface area contributed by atoms with Crippen molar-refractivity contribution in [2.75, 3.05) is 0 Å². The quantitative estimate of drug-likeness (QED) is 0.504. The molecular weight excluding hydrogens is 358 g/mol. The molecule has 0 nitrogen and oxygen atoms in total. The second-order valence-electron chi connectivity index (χ2n) is 8.43. The first-order chi connectivity index (χ1) is 13.1. The molecule has 144 valence electrons. The van der Waals surface area contributed by atoms with E-state index in [1.165, 1.54) is 50.5 Å². The molecule has 0 aliphatic heterocycles. The third kappa shape index (κ3) is 4.08. The maximum atomic E-state index is 14.6. The fourth-order valence-corrected chi connectivity index (χ4v) is 5.06. The molecule has 2 saturated carbocycles. The predicted molar refractivity (Wildman–Crippen MR) is 110 cm³/mol.